The summed E-state index contributed by atoms with van der Waals surface area (Å²) in [6, 6.07) is 15.0. The Morgan fingerprint density at radius 1 is 0.837 bits per heavy atom. The summed E-state index contributed by atoms with van der Waals surface area (Å²) >= 11 is 0. The molecule has 0 aliphatic carbocycles. The molecule has 0 saturated carbocycles. The maximum absolute atomic E-state index is 13.0. The molecule has 11 heteroatoms. The minimum absolute atomic E-state index is 0.00820. The van der Waals surface area contributed by atoms with Gasteiger partial charge in [0.15, 0.2) is 0 Å². The highest BCUT2D eigenvalue weighted by Gasteiger charge is 2.16. The molecule has 0 heterocycles. The molecule has 3 aromatic carbocycles. The zero-order chi connectivity index (χ0) is 35.6. The van der Waals surface area contributed by atoms with Gasteiger partial charge >= 0.3 is 6.09 Å². The van der Waals surface area contributed by atoms with Crippen molar-refractivity contribution in [3.8, 4) is 5.75 Å². The Morgan fingerprint density at radius 3 is 2.16 bits per heavy atom. The summed E-state index contributed by atoms with van der Waals surface area (Å²) in [7, 11) is -1.65. The number of nitrogens with zero attached hydrogens (tertiary/aromatic N) is 1. The molecule has 3 aromatic rings. The number of amides is 2. The number of hydrogen-bond donors (Lipinski definition) is 3. The molecular weight excluding hydrogens is 641 g/mol. The number of unbranched alkanes of at least 4 members (excludes halogenated alkanes) is 9. The van der Waals surface area contributed by atoms with Crippen molar-refractivity contribution in [2.75, 3.05) is 48.5 Å². The summed E-state index contributed by atoms with van der Waals surface area (Å²) in [5.74, 6) is 0.629. The van der Waals surface area contributed by atoms with E-state index >= 15 is 0 Å². The van der Waals surface area contributed by atoms with E-state index in [1.165, 1.54) is 44.9 Å². The second-order valence-corrected chi connectivity index (χ2v) is 14.4. The largest absolute Gasteiger partial charge is 0.496 e. The van der Waals surface area contributed by atoms with Crippen LogP contribution in [0, 0.1) is 6.92 Å². The van der Waals surface area contributed by atoms with Gasteiger partial charge in [-0.15, -0.1) is 0 Å². The Balaban J connectivity index is 1.59. The van der Waals surface area contributed by atoms with Gasteiger partial charge in [-0.25, -0.2) is 17.9 Å². The third-order valence-corrected chi connectivity index (χ3v) is 9.37. The average molecular weight is 697 g/mol. The number of sulfonamides is 1. The van der Waals surface area contributed by atoms with Crippen LogP contribution in [0.25, 0.3) is 10.8 Å². The second kappa shape index (κ2) is 20.6. The molecule has 0 saturated heterocycles. The van der Waals surface area contributed by atoms with Crippen molar-refractivity contribution in [3.05, 3.63) is 59.7 Å². The fourth-order valence-electron chi connectivity index (χ4n) is 5.95. The zero-order valence-electron chi connectivity index (χ0n) is 30.0. The number of carbonyl (C=O) groups excluding carboxylic acids is 2. The van der Waals surface area contributed by atoms with Crippen LogP contribution < -0.4 is 25.0 Å². The molecule has 0 bridgehead atoms. The van der Waals surface area contributed by atoms with E-state index in [1.54, 1.807) is 7.11 Å². The van der Waals surface area contributed by atoms with Gasteiger partial charge in [0, 0.05) is 53.9 Å². The lowest BCUT2D eigenvalue weighted by atomic mass is 10.0. The van der Waals surface area contributed by atoms with Crippen LogP contribution >= 0.6 is 0 Å². The number of ether oxygens (including phenoxy) is 2. The van der Waals surface area contributed by atoms with Crippen molar-refractivity contribution >= 4 is 49.9 Å². The number of fused-ring (bicyclic) bond motifs is 1. The molecule has 2 amide bonds. The minimum Gasteiger partial charge on any atom is -0.496 e. The molecule has 0 unspecified atom stereocenters. The Bertz CT molecular complexity index is 1610. The predicted molar refractivity (Wildman–Crippen MR) is 201 cm³/mol. The van der Waals surface area contributed by atoms with E-state index in [0.29, 0.717) is 43.2 Å². The molecule has 3 rings (SSSR count). The van der Waals surface area contributed by atoms with E-state index < -0.39 is 16.1 Å². The van der Waals surface area contributed by atoms with Gasteiger partial charge in [0.05, 0.1) is 13.4 Å². The van der Waals surface area contributed by atoms with E-state index in [0.717, 1.165) is 53.1 Å². The molecule has 0 spiro atoms. The molecule has 49 heavy (non-hydrogen) atoms. The first-order valence-electron chi connectivity index (χ1n) is 17.7. The van der Waals surface area contributed by atoms with Gasteiger partial charge in [0.1, 0.15) is 12.4 Å². The third-order valence-electron chi connectivity index (χ3n) is 8.64. The number of aryl methyl sites for hydroxylation is 1. The molecule has 10 nitrogen and oxygen atoms in total. The highest BCUT2D eigenvalue weighted by molar-refractivity contribution is 7.88. The fraction of sp³-hybridized carbons (Fsp3) is 0.526. The third kappa shape index (κ3) is 13.5. The van der Waals surface area contributed by atoms with Crippen LogP contribution in [0.1, 0.15) is 95.6 Å². The first-order chi connectivity index (χ1) is 23.6. The first kappa shape index (κ1) is 39.6. The van der Waals surface area contributed by atoms with E-state index in [-0.39, 0.29) is 12.5 Å². The highest BCUT2D eigenvalue weighted by Crippen LogP contribution is 2.34. The SMILES string of the molecule is CCCCCCCCCCCCC(=O)Nc1cccc2c(OC)ccc(COC(=O)Nc3ccc(N(CC)CCNS(C)(=O)=O)cc3C)c12. The number of hydrogen-bond acceptors (Lipinski definition) is 7. The van der Waals surface area contributed by atoms with Crippen LogP contribution in [-0.4, -0.2) is 53.4 Å². The first-order valence-corrected chi connectivity index (χ1v) is 19.6. The lowest BCUT2D eigenvalue weighted by Gasteiger charge is -2.24. The predicted octanol–water partition coefficient (Wildman–Crippen LogP) is 8.53. The van der Waals surface area contributed by atoms with Crippen LogP contribution in [0.2, 0.25) is 0 Å². The Labute approximate surface area is 293 Å². The Hall–Kier alpha value is -3.83. The van der Waals surface area contributed by atoms with Gasteiger partial charge in [0.25, 0.3) is 0 Å². The van der Waals surface area contributed by atoms with Crippen LogP contribution in [0.5, 0.6) is 5.75 Å². The molecule has 0 aromatic heterocycles. The number of benzene rings is 3. The van der Waals surface area contributed by atoms with E-state index in [1.807, 2.05) is 62.4 Å². The van der Waals surface area contributed by atoms with Crippen molar-refractivity contribution in [2.45, 2.75) is 98.0 Å². The standard InChI is InChI=1S/C38H56N4O6S/c1-6-8-9-10-11-12-13-14-15-16-20-36(43)40-34-19-17-18-32-35(47-4)24-21-30(37(32)34)28-48-38(44)41-33-23-22-31(27-29(33)3)42(7-2)26-25-39-49(5,45)46/h17-19,21-24,27,39H,6-16,20,25-26,28H2,1-5H3,(H,40,43)(H,41,44). The quantitative estimate of drug-likeness (QED) is 0.0899. The Kier molecular flexibility index (Phi) is 16.7. The van der Waals surface area contributed by atoms with Gasteiger partial charge < -0.3 is 19.7 Å². The lowest BCUT2D eigenvalue weighted by Crippen LogP contribution is -2.34. The van der Waals surface area contributed by atoms with E-state index in [2.05, 4.69) is 27.2 Å². The van der Waals surface area contributed by atoms with Gasteiger partial charge in [-0.3, -0.25) is 10.1 Å². The van der Waals surface area contributed by atoms with Gasteiger partial charge in [0.2, 0.25) is 15.9 Å². The number of likely N-dealkylation sites (N-methyl/N-ethyl adjacent to an activating group) is 1. The smallest absolute Gasteiger partial charge is 0.411 e. The summed E-state index contributed by atoms with van der Waals surface area (Å²) < 4.78 is 36.6. The highest BCUT2D eigenvalue weighted by atomic mass is 32.2. The number of carbonyl (C=O) groups is 2. The zero-order valence-corrected chi connectivity index (χ0v) is 30.8. The second-order valence-electron chi connectivity index (χ2n) is 12.6. The molecule has 3 N–H and O–H groups in total. The van der Waals surface area contributed by atoms with Crippen molar-refractivity contribution in [2.24, 2.45) is 0 Å². The average Bonchev–Trinajstić information content (AvgIpc) is 3.07. The van der Waals surface area contributed by atoms with Crippen molar-refractivity contribution in [1.82, 2.24) is 4.72 Å². The monoisotopic (exact) mass is 696 g/mol. The number of nitrogens with one attached hydrogen (secondary N) is 3. The molecular formula is C38H56N4O6S. The summed E-state index contributed by atoms with van der Waals surface area (Å²) in [4.78, 5) is 28.0. The summed E-state index contributed by atoms with van der Waals surface area (Å²) in [6.45, 7) is 7.62. The van der Waals surface area contributed by atoms with Crippen LogP contribution in [0.15, 0.2) is 48.5 Å². The molecule has 0 atom stereocenters. The maximum Gasteiger partial charge on any atom is 0.411 e. The molecule has 0 aliphatic heterocycles. The van der Waals surface area contributed by atoms with Crippen LogP contribution in [0.3, 0.4) is 0 Å². The lowest BCUT2D eigenvalue weighted by molar-refractivity contribution is -0.116. The maximum atomic E-state index is 13.0. The van der Waals surface area contributed by atoms with Crippen molar-refractivity contribution in [1.29, 1.82) is 0 Å². The number of anilines is 3. The van der Waals surface area contributed by atoms with E-state index in [9.17, 15) is 18.0 Å². The fourth-order valence-corrected chi connectivity index (χ4v) is 6.41. The topological polar surface area (TPSA) is 126 Å². The molecule has 0 radical (unpaired) electrons. The minimum atomic E-state index is -3.26. The molecule has 270 valence electrons. The van der Waals surface area contributed by atoms with Crippen LogP contribution in [-0.2, 0) is 26.2 Å². The molecule has 0 fully saturated rings. The van der Waals surface area contributed by atoms with Crippen molar-refractivity contribution in [3.63, 3.8) is 0 Å². The number of methoxy groups -OCH3 is 1. The normalized spacial score (nSPS) is 11.4. The summed E-state index contributed by atoms with van der Waals surface area (Å²) in [5, 5.41) is 7.52. The molecule has 0 aliphatic rings. The van der Waals surface area contributed by atoms with Gasteiger partial charge in [-0.2, -0.15) is 0 Å². The van der Waals surface area contributed by atoms with Gasteiger partial charge in [-0.1, -0.05) is 82.9 Å². The van der Waals surface area contributed by atoms with Crippen molar-refractivity contribution < 1.29 is 27.5 Å². The number of rotatable bonds is 22. The van der Waals surface area contributed by atoms with E-state index in [4.69, 9.17) is 9.47 Å². The summed E-state index contributed by atoms with van der Waals surface area (Å²) in [6.07, 6.45) is 13.1. The Morgan fingerprint density at radius 2 is 1.53 bits per heavy atom. The van der Waals surface area contributed by atoms with Crippen LogP contribution in [0.4, 0.5) is 21.9 Å². The van der Waals surface area contributed by atoms with Gasteiger partial charge in [-0.05, 0) is 61.7 Å². The summed E-state index contributed by atoms with van der Waals surface area (Å²) in [5.41, 5.74) is 3.77.